The summed E-state index contributed by atoms with van der Waals surface area (Å²) in [5.41, 5.74) is 2.89. The second kappa shape index (κ2) is 9.57. The minimum atomic E-state index is -0.518. The SMILES string of the molecule is CCOc1cc(/C=C2\C(=O)NC(=S)N(C)C2=O)cc(I)c1OCc1cccc(C)c1. The molecular weight excluding hydrogens is 515 g/mol. The molecule has 156 valence electrons. The van der Waals surface area contributed by atoms with Crippen molar-refractivity contribution >= 4 is 57.8 Å². The van der Waals surface area contributed by atoms with Crippen molar-refractivity contribution in [3.63, 3.8) is 0 Å². The molecule has 0 unspecified atom stereocenters. The Morgan fingerprint density at radius 2 is 1.97 bits per heavy atom. The first-order valence-electron chi connectivity index (χ1n) is 9.30. The van der Waals surface area contributed by atoms with Crippen LogP contribution in [0.2, 0.25) is 0 Å². The zero-order valence-electron chi connectivity index (χ0n) is 16.8. The van der Waals surface area contributed by atoms with Gasteiger partial charge in [-0.25, -0.2) is 0 Å². The fourth-order valence-corrected chi connectivity index (χ4v) is 3.90. The Bertz CT molecular complexity index is 1050. The van der Waals surface area contributed by atoms with Gasteiger partial charge in [-0.05, 0) is 78.0 Å². The molecular formula is C22H21IN2O4S. The average Bonchev–Trinajstić information content (AvgIpc) is 2.69. The second-order valence-corrected chi connectivity index (χ2v) is 8.27. The molecule has 6 nitrogen and oxygen atoms in total. The van der Waals surface area contributed by atoms with Gasteiger partial charge in [0.25, 0.3) is 11.8 Å². The van der Waals surface area contributed by atoms with Crippen LogP contribution in [0.15, 0.2) is 42.0 Å². The number of thiocarbonyl (C=S) groups is 1. The number of hydrogen-bond donors (Lipinski definition) is 1. The van der Waals surface area contributed by atoms with E-state index in [-0.39, 0.29) is 10.7 Å². The van der Waals surface area contributed by atoms with Gasteiger partial charge in [-0.15, -0.1) is 0 Å². The first-order chi connectivity index (χ1) is 14.3. The summed E-state index contributed by atoms with van der Waals surface area (Å²) in [6, 6.07) is 11.7. The molecule has 0 aliphatic carbocycles. The van der Waals surface area contributed by atoms with Crippen LogP contribution in [0.1, 0.15) is 23.6 Å². The predicted molar refractivity (Wildman–Crippen MR) is 127 cm³/mol. The Hall–Kier alpha value is -2.46. The van der Waals surface area contributed by atoms with E-state index in [1.54, 1.807) is 6.07 Å². The van der Waals surface area contributed by atoms with E-state index in [1.807, 2.05) is 38.1 Å². The van der Waals surface area contributed by atoms with Crippen LogP contribution >= 0.6 is 34.8 Å². The number of nitrogens with one attached hydrogen (secondary N) is 1. The Morgan fingerprint density at radius 1 is 1.20 bits per heavy atom. The Balaban J connectivity index is 1.92. The van der Waals surface area contributed by atoms with E-state index in [1.165, 1.54) is 18.0 Å². The number of ether oxygens (including phenoxy) is 2. The Kier molecular flexibility index (Phi) is 7.09. The third kappa shape index (κ3) is 4.99. The topological polar surface area (TPSA) is 67.9 Å². The minimum absolute atomic E-state index is 0.0118. The van der Waals surface area contributed by atoms with E-state index < -0.39 is 11.8 Å². The summed E-state index contributed by atoms with van der Waals surface area (Å²) in [5.74, 6) is 0.211. The van der Waals surface area contributed by atoms with Crippen LogP contribution in [-0.4, -0.2) is 35.5 Å². The molecule has 0 aromatic heterocycles. The maximum absolute atomic E-state index is 12.5. The molecule has 8 heteroatoms. The Morgan fingerprint density at radius 3 is 2.67 bits per heavy atom. The lowest BCUT2D eigenvalue weighted by atomic mass is 10.1. The third-order valence-corrected chi connectivity index (χ3v) is 5.59. The number of nitrogens with zero attached hydrogens (tertiary/aromatic N) is 1. The first-order valence-corrected chi connectivity index (χ1v) is 10.8. The highest BCUT2D eigenvalue weighted by Gasteiger charge is 2.30. The minimum Gasteiger partial charge on any atom is -0.490 e. The van der Waals surface area contributed by atoms with Crippen molar-refractivity contribution in [3.8, 4) is 11.5 Å². The molecule has 2 amide bonds. The van der Waals surface area contributed by atoms with Crippen LogP contribution < -0.4 is 14.8 Å². The van der Waals surface area contributed by atoms with Gasteiger partial charge in [0.2, 0.25) is 0 Å². The molecule has 2 aromatic rings. The number of rotatable bonds is 6. The molecule has 0 atom stereocenters. The van der Waals surface area contributed by atoms with Crippen molar-refractivity contribution < 1.29 is 19.1 Å². The van der Waals surface area contributed by atoms with Crippen molar-refractivity contribution in [2.75, 3.05) is 13.7 Å². The van der Waals surface area contributed by atoms with Crippen molar-refractivity contribution in [2.24, 2.45) is 0 Å². The van der Waals surface area contributed by atoms with E-state index in [0.717, 1.165) is 14.7 Å². The lowest BCUT2D eigenvalue weighted by molar-refractivity contribution is -0.128. The fraction of sp³-hybridized carbons (Fsp3) is 0.227. The summed E-state index contributed by atoms with van der Waals surface area (Å²) in [4.78, 5) is 25.9. The largest absolute Gasteiger partial charge is 0.490 e. The van der Waals surface area contributed by atoms with Gasteiger partial charge in [0, 0.05) is 7.05 Å². The maximum atomic E-state index is 12.5. The molecule has 1 aliphatic heterocycles. The van der Waals surface area contributed by atoms with Gasteiger partial charge in [0.05, 0.1) is 10.2 Å². The fourth-order valence-electron chi connectivity index (χ4n) is 2.94. The smallest absolute Gasteiger partial charge is 0.265 e. The molecule has 1 aliphatic rings. The Labute approximate surface area is 194 Å². The number of benzene rings is 2. The molecule has 1 heterocycles. The van der Waals surface area contributed by atoms with Crippen LogP contribution in [0.25, 0.3) is 6.08 Å². The second-order valence-electron chi connectivity index (χ2n) is 6.72. The number of halogens is 1. The lowest BCUT2D eigenvalue weighted by Gasteiger charge is -2.25. The molecule has 1 saturated heterocycles. The molecule has 2 aromatic carbocycles. The quantitative estimate of drug-likeness (QED) is 0.263. The first kappa shape index (κ1) is 22.2. The van der Waals surface area contributed by atoms with Crippen LogP contribution in [0.5, 0.6) is 11.5 Å². The summed E-state index contributed by atoms with van der Waals surface area (Å²) in [7, 11) is 1.52. The standard InChI is InChI=1S/C22H21IN2O4S/c1-4-28-18-11-15(9-16-20(26)24-22(30)25(3)21(16)27)10-17(23)19(18)29-12-14-7-5-6-13(2)8-14/h5-11H,4,12H2,1-3H3,(H,24,26,30)/b16-9+. The van der Waals surface area contributed by atoms with E-state index >= 15 is 0 Å². The van der Waals surface area contributed by atoms with Gasteiger partial charge < -0.3 is 9.47 Å². The molecule has 30 heavy (non-hydrogen) atoms. The van der Waals surface area contributed by atoms with Gasteiger partial charge in [-0.3, -0.25) is 19.8 Å². The zero-order chi connectivity index (χ0) is 21.8. The van der Waals surface area contributed by atoms with Crippen LogP contribution in [0, 0.1) is 10.5 Å². The summed E-state index contributed by atoms with van der Waals surface area (Å²) < 4.78 is 12.6. The predicted octanol–water partition coefficient (Wildman–Crippen LogP) is 3.83. The zero-order valence-corrected chi connectivity index (χ0v) is 19.8. The van der Waals surface area contributed by atoms with E-state index in [2.05, 4.69) is 34.0 Å². The highest BCUT2D eigenvalue weighted by atomic mass is 127. The number of carbonyl (C=O) groups excluding carboxylic acids is 2. The molecule has 0 saturated carbocycles. The third-order valence-electron chi connectivity index (χ3n) is 4.41. The van der Waals surface area contributed by atoms with Gasteiger partial charge >= 0.3 is 0 Å². The van der Waals surface area contributed by atoms with Gasteiger partial charge in [-0.2, -0.15) is 0 Å². The number of carbonyl (C=O) groups is 2. The normalized spacial score (nSPS) is 15.4. The summed E-state index contributed by atoms with van der Waals surface area (Å²) in [5, 5.41) is 2.60. The highest BCUT2D eigenvalue weighted by Crippen LogP contribution is 2.35. The molecule has 0 spiro atoms. The number of likely N-dealkylation sites (N-methyl/N-ethyl adjacent to an activating group) is 1. The van der Waals surface area contributed by atoms with Crippen molar-refractivity contribution in [1.29, 1.82) is 0 Å². The van der Waals surface area contributed by atoms with Crippen molar-refractivity contribution in [1.82, 2.24) is 10.2 Å². The van der Waals surface area contributed by atoms with E-state index in [9.17, 15) is 9.59 Å². The van der Waals surface area contributed by atoms with Crippen LogP contribution in [0.4, 0.5) is 0 Å². The molecule has 3 rings (SSSR count). The van der Waals surface area contributed by atoms with E-state index in [4.69, 9.17) is 21.7 Å². The molecule has 0 bridgehead atoms. The summed E-state index contributed by atoms with van der Waals surface area (Å²) >= 11 is 7.14. The molecule has 1 fully saturated rings. The lowest BCUT2D eigenvalue weighted by Crippen LogP contribution is -2.52. The van der Waals surface area contributed by atoms with Gasteiger partial charge in [-0.1, -0.05) is 29.8 Å². The van der Waals surface area contributed by atoms with Crippen molar-refractivity contribution in [2.45, 2.75) is 20.5 Å². The van der Waals surface area contributed by atoms with Crippen LogP contribution in [-0.2, 0) is 16.2 Å². The highest BCUT2D eigenvalue weighted by molar-refractivity contribution is 14.1. The summed E-state index contributed by atoms with van der Waals surface area (Å²) in [6.45, 7) is 4.78. The molecule has 0 radical (unpaired) electrons. The van der Waals surface area contributed by atoms with E-state index in [0.29, 0.717) is 30.3 Å². The molecule has 1 N–H and O–H groups in total. The number of aryl methyl sites for hydroxylation is 1. The maximum Gasteiger partial charge on any atom is 0.265 e. The van der Waals surface area contributed by atoms with Crippen LogP contribution in [0.3, 0.4) is 0 Å². The summed E-state index contributed by atoms with van der Waals surface area (Å²) in [6.07, 6.45) is 1.53. The average molecular weight is 536 g/mol. The van der Waals surface area contributed by atoms with Gasteiger partial charge in [0.15, 0.2) is 16.6 Å². The van der Waals surface area contributed by atoms with Crippen molar-refractivity contribution in [3.05, 3.63) is 62.2 Å². The van der Waals surface area contributed by atoms with Gasteiger partial charge in [0.1, 0.15) is 12.2 Å². The monoisotopic (exact) mass is 536 g/mol. The number of hydrogen-bond acceptors (Lipinski definition) is 5. The number of amides is 2.